The Balaban J connectivity index is 0.00000341. The fourth-order valence-electron chi connectivity index (χ4n) is 3.67. The minimum Gasteiger partial charge on any atom is -0.497 e. The Morgan fingerprint density at radius 3 is 2.23 bits per heavy atom. The molecule has 2 aromatic rings. The highest BCUT2D eigenvalue weighted by molar-refractivity contribution is 14.0. The third kappa shape index (κ3) is 6.81. The highest BCUT2D eigenvalue weighted by Crippen LogP contribution is 2.30. The predicted octanol–water partition coefficient (Wildman–Crippen LogP) is 3.66. The van der Waals surface area contributed by atoms with E-state index < -0.39 is 0 Å². The lowest BCUT2D eigenvalue weighted by molar-refractivity contribution is 0.393. The molecule has 2 aromatic carbocycles. The standard InChI is InChI=1S/C23H32N4O3.HI/c1-24-23(25-16-17-7-5-6-8-22(17)30-4)26-18-9-11-27(12-10-18)19-13-20(28-2)15-21(14-19)29-3;/h5-8,13-15,18H,9-12,16H2,1-4H3,(H2,24,25,26);1H. The van der Waals surface area contributed by atoms with Gasteiger partial charge < -0.3 is 29.7 Å². The summed E-state index contributed by atoms with van der Waals surface area (Å²) in [5.41, 5.74) is 2.23. The molecule has 0 unspecified atom stereocenters. The van der Waals surface area contributed by atoms with Crippen LogP contribution >= 0.6 is 24.0 Å². The van der Waals surface area contributed by atoms with Crippen LogP contribution in [0, 0.1) is 0 Å². The number of aliphatic imine (C=N–C) groups is 1. The SMILES string of the molecule is CN=C(NCc1ccccc1OC)NC1CCN(c2cc(OC)cc(OC)c2)CC1.I. The zero-order chi connectivity index (χ0) is 21.3. The van der Waals surface area contributed by atoms with Gasteiger partial charge in [-0.15, -0.1) is 24.0 Å². The van der Waals surface area contributed by atoms with E-state index in [4.69, 9.17) is 14.2 Å². The largest absolute Gasteiger partial charge is 0.497 e. The van der Waals surface area contributed by atoms with Gasteiger partial charge in [0.25, 0.3) is 0 Å². The third-order valence-corrected chi connectivity index (χ3v) is 5.40. The summed E-state index contributed by atoms with van der Waals surface area (Å²) >= 11 is 0. The van der Waals surface area contributed by atoms with E-state index in [1.165, 1.54) is 0 Å². The van der Waals surface area contributed by atoms with Crippen LogP contribution in [0.1, 0.15) is 18.4 Å². The molecule has 8 heteroatoms. The minimum atomic E-state index is 0. The van der Waals surface area contributed by atoms with Crippen molar-refractivity contribution in [2.75, 3.05) is 46.4 Å². The van der Waals surface area contributed by atoms with Crippen LogP contribution in [0.2, 0.25) is 0 Å². The third-order valence-electron chi connectivity index (χ3n) is 5.40. The quantitative estimate of drug-likeness (QED) is 0.318. The van der Waals surface area contributed by atoms with E-state index in [0.717, 1.165) is 60.4 Å². The molecule has 0 aliphatic carbocycles. The molecule has 1 fully saturated rings. The number of benzene rings is 2. The van der Waals surface area contributed by atoms with E-state index in [1.54, 1.807) is 28.4 Å². The van der Waals surface area contributed by atoms with Crippen molar-refractivity contribution in [3.63, 3.8) is 0 Å². The second-order valence-electron chi connectivity index (χ2n) is 7.21. The summed E-state index contributed by atoms with van der Waals surface area (Å²) < 4.78 is 16.2. The maximum atomic E-state index is 5.42. The van der Waals surface area contributed by atoms with Gasteiger partial charge in [-0.25, -0.2) is 0 Å². The lowest BCUT2D eigenvalue weighted by Crippen LogP contribution is -2.48. The fraction of sp³-hybridized carbons (Fsp3) is 0.435. The number of guanidine groups is 1. The van der Waals surface area contributed by atoms with Gasteiger partial charge in [-0.3, -0.25) is 4.99 Å². The molecule has 1 heterocycles. The molecule has 0 atom stereocenters. The second kappa shape index (κ2) is 12.5. The smallest absolute Gasteiger partial charge is 0.191 e. The Bertz CT molecular complexity index is 832. The molecular formula is C23H33IN4O3. The molecule has 0 aromatic heterocycles. The van der Waals surface area contributed by atoms with E-state index in [0.29, 0.717) is 12.6 Å². The summed E-state index contributed by atoms with van der Waals surface area (Å²) in [6.07, 6.45) is 2.05. The average molecular weight is 540 g/mol. The molecule has 1 saturated heterocycles. The van der Waals surface area contributed by atoms with E-state index in [-0.39, 0.29) is 24.0 Å². The molecular weight excluding hydrogens is 507 g/mol. The molecule has 170 valence electrons. The van der Waals surface area contributed by atoms with E-state index in [2.05, 4.69) is 38.7 Å². The molecule has 0 spiro atoms. The highest BCUT2D eigenvalue weighted by atomic mass is 127. The number of para-hydroxylation sites is 1. The van der Waals surface area contributed by atoms with Gasteiger partial charge in [-0.05, 0) is 18.9 Å². The molecule has 2 N–H and O–H groups in total. The van der Waals surface area contributed by atoms with Gasteiger partial charge in [0.1, 0.15) is 17.2 Å². The predicted molar refractivity (Wildman–Crippen MR) is 137 cm³/mol. The number of hydrogen-bond acceptors (Lipinski definition) is 5. The first-order valence-electron chi connectivity index (χ1n) is 10.2. The van der Waals surface area contributed by atoms with E-state index in [9.17, 15) is 0 Å². The number of halogens is 1. The summed E-state index contributed by atoms with van der Waals surface area (Å²) in [5, 5.41) is 6.95. The van der Waals surface area contributed by atoms with Crippen molar-refractivity contribution in [2.45, 2.75) is 25.4 Å². The van der Waals surface area contributed by atoms with Crippen molar-refractivity contribution in [1.29, 1.82) is 0 Å². The number of methoxy groups -OCH3 is 3. The summed E-state index contributed by atoms with van der Waals surface area (Å²) in [6, 6.07) is 14.4. The van der Waals surface area contributed by atoms with Crippen LogP contribution < -0.4 is 29.7 Å². The number of anilines is 1. The van der Waals surface area contributed by atoms with Crippen molar-refractivity contribution in [2.24, 2.45) is 4.99 Å². The first-order valence-corrected chi connectivity index (χ1v) is 10.2. The van der Waals surface area contributed by atoms with Crippen LogP contribution in [-0.4, -0.2) is 53.5 Å². The summed E-state index contributed by atoms with van der Waals surface area (Å²) in [7, 11) is 6.85. The Hall–Kier alpha value is -2.36. The summed E-state index contributed by atoms with van der Waals surface area (Å²) in [5.74, 6) is 3.31. The van der Waals surface area contributed by atoms with E-state index >= 15 is 0 Å². The summed E-state index contributed by atoms with van der Waals surface area (Å²) in [4.78, 5) is 6.75. The minimum absolute atomic E-state index is 0. The molecule has 1 aliphatic rings. The number of piperidine rings is 1. The number of nitrogens with zero attached hydrogens (tertiary/aromatic N) is 2. The number of rotatable bonds is 7. The lowest BCUT2D eigenvalue weighted by atomic mass is 10.0. The maximum absolute atomic E-state index is 5.42. The van der Waals surface area contributed by atoms with Crippen molar-refractivity contribution >= 4 is 35.6 Å². The van der Waals surface area contributed by atoms with Crippen molar-refractivity contribution in [3.05, 3.63) is 48.0 Å². The fourth-order valence-corrected chi connectivity index (χ4v) is 3.67. The van der Waals surface area contributed by atoms with Gasteiger partial charge in [0.2, 0.25) is 0 Å². The Labute approximate surface area is 202 Å². The van der Waals surface area contributed by atoms with E-state index in [1.807, 2.05) is 24.3 Å². The molecule has 7 nitrogen and oxygen atoms in total. The Morgan fingerprint density at radius 2 is 1.65 bits per heavy atom. The first kappa shape index (κ1) is 24.9. The van der Waals surface area contributed by atoms with Crippen LogP contribution in [0.3, 0.4) is 0 Å². The number of nitrogens with one attached hydrogen (secondary N) is 2. The summed E-state index contributed by atoms with van der Waals surface area (Å²) in [6.45, 7) is 2.57. The topological polar surface area (TPSA) is 67.4 Å². The molecule has 1 aliphatic heterocycles. The monoisotopic (exact) mass is 540 g/mol. The van der Waals surface area contributed by atoms with Crippen LogP contribution in [0.5, 0.6) is 17.2 Å². The highest BCUT2D eigenvalue weighted by Gasteiger charge is 2.21. The molecule has 3 rings (SSSR count). The van der Waals surface area contributed by atoms with Gasteiger partial charge in [0.15, 0.2) is 5.96 Å². The Kier molecular flexibility index (Phi) is 10.0. The van der Waals surface area contributed by atoms with Gasteiger partial charge >= 0.3 is 0 Å². The molecule has 0 saturated carbocycles. The van der Waals surface area contributed by atoms with Gasteiger partial charge in [-0.2, -0.15) is 0 Å². The normalized spacial score (nSPS) is 14.5. The van der Waals surface area contributed by atoms with Crippen molar-refractivity contribution < 1.29 is 14.2 Å². The maximum Gasteiger partial charge on any atom is 0.191 e. The molecule has 31 heavy (non-hydrogen) atoms. The van der Waals surface area contributed by atoms with Crippen LogP contribution in [0.25, 0.3) is 0 Å². The van der Waals surface area contributed by atoms with Gasteiger partial charge in [0.05, 0.1) is 21.3 Å². The Morgan fingerprint density at radius 1 is 1.00 bits per heavy atom. The van der Waals surface area contributed by atoms with Gasteiger partial charge in [0, 0.05) is 62.2 Å². The second-order valence-corrected chi connectivity index (χ2v) is 7.21. The average Bonchev–Trinajstić information content (AvgIpc) is 2.81. The van der Waals surface area contributed by atoms with Crippen molar-refractivity contribution in [1.82, 2.24) is 10.6 Å². The number of ether oxygens (including phenoxy) is 3. The molecule has 0 bridgehead atoms. The zero-order valence-corrected chi connectivity index (χ0v) is 21.0. The van der Waals surface area contributed by atoms with Crippen molar-refractivity contribution in [3.8, 4) is 17.2 Å². The number of hydrogen-bond donors (Lipinski definition) is 2. The first-order chi connectivity index (χ1) is 14.7. The van der Waals surface area contributed by atoms with Crippen LogP contribution in [0.4, 0.5) is 5.69 Å². The van der Waals surface area contributed by atoms with Crippen LogP contribution in [0.15, 0.2) is 47.5 Å². The zero-order valence-electron chi connectivity index (χ0n) is 18.7. The van der Waals surface area contributed by atoms with Crippen LogP contribution in [-0.2, 0) is 6.54 Å². The lowest BCUT2D eigenvalue weighted by Gasteiger charge is -2.34. The molecule has 0 amide bonds. The van der Waals surface area contributed by atoms with Gasteiger partial charge in [-0.1, -0.05) is 18.2 Å². The molecule has 0 radical (unpaired) electrons.